The van der Waals surface area contributed by atoms with Gasteiger partial charge in [0.1, 0.15) is 0 Å². The first-order valence-corrected chi connectivity index (χ1v) is 16.5. The van der Waals surface area contributed by atoms with Crippen LogP contribution in [-0.4, -0.2) is 0 Å². The average molecular weight is 596 g/mol. The highest BCUT2D eigenvalue weighted by atomic mass is 32.1. The molecule has 0 amide bonds. The molecule has 7 aromatic rings. The van der Waals surface area contributed by atoms with Gasteiger partial charge in [0.15, 0.2) is 0 Å². The van der Waals surface area contributed by atoms with Crippen molar-refractivity contribution in [3.8, 4) is 22.3 Å². The van der Waals surface area contributed by atoms with Gasteiger partial charge in [0, 0.05) is 43.2 Å². The van der Waals surface area contributed by atoms with Crippen molar-refractivity contribution in [3.05, 3.63) is 181 Å². The topological polar surface area (TPSA) is 3.24 Å². The minimum absolute atomic E-state index is 0.329. The zero-order valence-electron chi connectivity index (χ0n) is 25.2. The lowest BCUT2D eigenvalue weighted by atomic mass is 9.82. The van der Waals surface area contributed by atoms with Gasteiger partial charge in [0.25, 0.3) is 0 Å². The average Bonchev–Trinajstić information content (AvgIpc) is 3.48. The molecule has 1 heterocycles. The number of benzene rings is 6. The Balaban J connectivity index is 1.09. The van der Waals surface area contributed by atoms with Gasteiger partial charge in [0.2, 0.25) is 0 Å². The van der Waals surface area contributed by atoms with Gasteiger partial charge < -0.3 is 4.90 Å². The van der Waals surface area contributed by atoms with Gasteiger partial charge in [-0.1, -0.05) is 128 Å². The third-order valence-electron chi connectivity index (χ3n) is 8.98. The van der Waals surface area contributed by atoms with Crippen LogP contribution in [0.5, 0.6) is 0 Å². The zero-order valence-corrected chi connectivity index (χ0v) is 26.0. The highest BCUT2D eigenvalue weighted by Gasteiger charge is 2.23. The largest absolute Gasteiger partial charge is 0.311 e. The van der Waals surface area contributed by atoms with Crippen LogP contribution in [0.1, 0.15) is 18.4 Å². The SMILES string of the molecule is CC1C=C(N(c2ccccc2)c2ccc(-c3ccc(-c4ccccc4)cc3)cc2)C=CC1c1ccc2sc3ccccc3c2c1. The molecule has 0 saturated carbocycles. The number of rotatable bonds is 6. The third-order valence-corrected chi connectivity index (χ3v) is 10.1. The molecule has 0 aliphatic heterocycles. The molecule has 0 spiro atoms. The molecule has 0 fully saturated rings. The van der Waals surface area contributed by atoms with Crippen LogP contribution < -0.4 is 4.90 Å². The van der Waals surface area contributed by atoms with Gasteiger partial charge >= 0.3 is 0 Å². The van der Waals surface area contributed by atoms with E-state index in [2.05, 4.69) is 182 Å². The smallest absolute Gasteiger partial charge is 0.0461 e. The number of hydrogen-bond acceptors (Lipinski definition) is 2. The molecule has 0 radical (unpaired) electrons. The van der Waals surface area contributed by atoms with Crippen molar-refractivity contribution in [2.75, 3.05) is 4.90 Å². The van der Waals surface area contributed by atoms with Crippen LogP contribution in [0.3, 0.4) is 0 Å². The van der Waals surface area contributed by atoms with Gasteiger partial charge in [-0.25, -0.2) is 0 Å². The normalized spacial score (nSPS) is 16.2. The van der Waals surface area contributed by atoms with Gasteiger partial charge in [-0.05, 0) is 82.3 Å². The van der Waals surface area contributed by atoms with Gasteiger partial charge in [-0.15, -0.1) is 11.3 Å². The Morgan fingerprint density at radius 1 is 0.511 bits per heavy atom. The summed E-state index contributed by atoms with van der Waals surface area (Å²) in [4.78, 5) is 2.38. The third kappa shape index (κ3) is 5.28. The fraction of sp³-hybridized carbons (Fsp3) is 0.0698. The first kappa shape index (κ1) is 27.4. The molecule has 2 unspecified atom stereocenters. The summed E-state index contributed by atoms with van der Waals surface area (Å²) in [5.74, 6) is 0.677. The van der Waals surface area contributed by atoms with E-state index < -0.39 is 0 Å². The van der Waals surface area contributed by atoms with Gasteiger partial charge in [0.05, 0.1) is 0 Å². The summed E-state index contributed by atoms with van der Waals surface area (Å²) in [6, 6.07) is 54.9. The second-order valence-electron chi connectivity index (χ2n) is 11.9. The number of hydrogen-bond donors (Lipinski definition) is 0. The first-order valence-electron chi connectivity index (χ1n) is 15.6. The Kier molecular flexibility index (Phi) is 7.13. The molecular formula is C43H33NS. The minimum Gasteiger partial charge on any atom is -0.311 e. The van der Waals surface area contributed by atoms with E-state index in [1.165, 1.54) is 53.7 Å². The van der Waals surface area contributed by atoms with E-state index in [0.29, 0.717) is 11.8 Å². The van der Waals surface area contributed by atoms with Crippen molar-refractivity contribution >= 4 is 42.9 Å². The molecule has 0 N–H and O–H groups in total. The van der Waals surface area contributed by atoms with Crippen molar-refractivity contribution in [2.24, 2.45) is 5.92 Å². The number of thiophene rings is 1. The number of nitrogens with zero attached hydrogens (tertiary/aromatic N) is 1. The molecule has 45 heavy (non-hydrogen) atoms. The van der Waals surface area contributed by atoms with Gasteiger partial charge in [-0.3, -0.25) is 0 Å². The molecule has 1 aromatic heterocycles. The van der Waals surface area contributed by atoms with E-state index in [1.54, 1.807) is 0 Å². The van der Waals surface area contributed by atoms with Crippen molar-refractivity contribution in [1.82, 2.24) is 0 Å². The van der Waals surface area contributed by atoms with Crippen LogP contribution in [-0.2, 0) is 0 Å². The highest BCUT2D eigenvalue weighted by Crippen LogP contribution is 2.41. The van der Waals surface area contributed by atoms with Crippen LogP contribution in [0.2, 0.25) is 0 Å². The maximum absolute atomic E-state index is 2.43. The lowest BCUT2D eigenvalue weighted by molar-refractivity contribution is 0.629. The predicted molar refractivity (Wildman–Crippen MR) is 194 cm³/mol. The maximum Gasteiger partial charge on any atom is 0.0461 e. The Bertz CT molecular complexity index is 2150. The van der Waals surface area contributed by atoms with Crippen molar-refractivity contribution < 1.29 is 0 Å². The fourth-order valence-electron chi connectivity index (χ4n) is 6.63. The number of fused-ring (bicyclic) bond motifs is 3. The standard InChI is InChI=1S/C43H33NS/c1-30-28-38(25-26-39(30)35-22-27-43-41(29-35)40-14-8-9-15-42(40)45-43)44(36-12-6-3-7-13-36)37-23-20-34(21-24-37)33-18-16-32(17-19-33)31-10-4-2-5-11-31/h2-30,39H,1H3. The van der Waals surface area contributed by atoms with Crippen molar-refractivity contribution in [1.29, 1.82) is 0 Å². The molecule has 8 rings (SSSR count). The Hall–Kier alpha value is -5.18. The Morgan fingerprint density at radius 2 is 1.07 bits per heavy atom. The van der Waals surface area contributed by atoms with E-state index in [-0.39, 0.29) is 0 Å². The molecule has 216 valence electrons. The molecule has 0 bridgehead atoms. The molecular weight excluding hydrogens is 563 g/mol. The summed E-state index contributed by atoms with van der Waals surface area (Å²) in [6.07, 6.45) is 7.14. The van der Waals surface area contributed by atoms with Crippen molar-refractivity contribution in [2.45, 2.75) is 12.8 Å². The highest BCUT2D eigenvalue weighted by molar-refractivity contribution is 7.25. The lowest BCUT2D eigenvalue weighted by Gasteiger charge is -2.31. The van der Waals surface area contributed by atoms with Crippen LogP contribution in [0.25, 0.3) is 42.4 Å². The fourth-order valence-corrected chi connectivity index (χ4v) is 7.72. The monoisotopic (exact) mass is 595 g/mol. The van der Waals surface area contributed by atoms with E-state index in [9.17, 15) is 0 Å². The quantitative estimate of drug-likeness (QED) is 0.185. The van der Waals surface area contributed by atoms with Crippen LogP contribution in [0, 0.1) is 5.92 Å². The van der Waals surface area contributed by atoms with E-state index in [1.807, 2.05) is 11.3 Å². The summed E-state index contributed by atoms with van der Waals surface area (Å²) in [6.45, 7) is 2.34. The summed E-state index contributed by atoms with van der Waals surface area (Å²) in [5, 5.41) is 2.72. The first-order chi connectivity index (χ1) is 22.2. The maximum atomic E-state index is 2.43. The minimum atomic E-state index is 0.329. The molecule has 2 atom stereocenters. The van der Waals surface area contributed by atoms with Crippen LogP contribution in [0.4, 0.5) is 11.4 Å². The van der Waals surface area contributed by atoms with E-state index in [4.69, 9.17) is 0 Å². The van der Waals surface area contributed by atoms with E-state index in [0.717, 1.165) is 11.4 Å². The predicted octanol–water partition coefficient (Wildman–Crippen LogP) is 12.4. The summed E-state index contributed by atoms with van der Waals surface area (Å²) in [7, 11) is 0. The number of para-hydroxylation sites is 1. The van der Waals surface area contributed by atoms with Gasteiger partial charge in [-0.2, -0.15) is 0 Å². The van der Waals surface area contributed by atoms with Crippen molar-refractivity contribution in [3.63, 3.8) is 0 Å². The second kappa shape index (κ2) is 11.7. The lowest BCUT2D eigenvalue weighted by Crippen LogP contribution is -2.20. The second-order valence-corrected chi connectivity index (χ2v) is 12.9. The molecule has 1 nitrogen and oxygen atoms in total. The molecule has 2 heteroatoms. The summed E-state index contributed by atoms with van der Waals surface area (Å²) < 4.78 is 2.71. The molecule has 1 aliphatic rings. The number of allylic oxidation sites excluding steroid dienone is 3. The Labute approximate surface area is 269 Å². The van der Waals surface area contributed by atoms with E-state index >= 15 is 0 Å². The summed E-state index contributed by atoms with van der Waals surface area (Å²) >= 11 is 1.88. The molecule has 0 saturated heterocycles. The molecule has 1 aliphatic carbocycles. The Morgan fingerprint density at radius 3 is 1.76 bits per heavy atom. The number of anilines is 2. The van der Waals surface area contributed by atoms with Crippen LogP contribution in [0.15, 0.2) is 176 Å². The summed E-state index contributed by atoms with van der Waals surface area (Å²) in [5.41, 5.74) is 9.79. The van der Waals surface area contributed by atoms with Crippen LogP contribution >= 0.6 is 11.3 Å². The molecule has 6 aromatic carbocycles. The zero-order chi connectivity index (χ0) is 30.2.